The first-order valence-electron chi connectivity index (χ1n) is 5.11. The number of nitrogens with one attached hydrogen (secondary N) is 1. The fraction of sp³-hybridized carbons (Fsp3) is 0.333. The largest absolute Gasteiger partial charge is 0.478 e. The highest BCUT2D eigenvalue weighted by Gasteiger charge is 2.23. The van der Waals surface area contributed by atoms with Gasteiger partial charge in [0.15, 0.2) is 0 Å². The second kappa shape index (κ2) is 3.33. The van der Waals surface area contributed by atoms with Gasteiger partial charge in [-0.2, -0.15) is 5.10 Å². The molecule has 0 bridgehead atoms. The van der Waals surface area contributed by atoms with E-state index in [-0.39, 0.29) is 5.41 Å². The van der Waals surface area contributed by atoms with Crippen molar-refractivity contribution in [3.63, 3.8) is 0 Å². The summed E-state index contributed by atoms with van der Waals surface area (Å²) in [5, 5.41) is 16.6. The van der Waals surface area contributed by atoms with Crippen molar-refractivity contribution in [1.82, 2.24) is 10.2 Å². The summed E-state index contributed by atoms with van der Waals surface area (Å²) < 4.78 is 0. The molecule has 0 atom stereocenters. The van der Waals surface area contributed by atoms with E-state index in [0.717, 1.165) is 11.1 Å². The van der Waals surface area contributed by atoms with Gasteiger partial charge in [0.1, 0.15) is 0 Å². The minimum absolute atomic E-state index is 0.195. The number of H-pyrrole nitrogens is 1. The van der Waals surface area contributed by atoms with Gasteiger partial charge in [0.2, 0.25) is 0 Å². The molecule has 0 fully saturated rings. The number of aromatic amines is 1. The van der Waals surface area contributed by atoms with Crippen LogP contribution in [0.5, 0.6) is 0 Å². The molecule has 0 saturated carbocycles. The Bertz CT molecular complexity index is 550. The van der Waals surface area contributed by atoms with Gasteiger partial charge in [-0.05, 0) is 17.0 Å². The van der Waals surface area contributed by atoms with E-state index in [1.807, 2.05) is 32.9 Å². The van der Waals surface area contributed by atoms with Gasteiger partial charge in [-0.3, -0.25) is 5.10 Å². The molecule has 0 radical (unpaired) electrons. The minimum atomic E-state index is -0.906. The first kappa shape index (κ1) is 10.7. The average molecular weight is 218 g/mol. The van der Waals surface area contributed by atoms with E-state index in [0.29, 0.717) is 10.9 Å². The number of hydrogen-bond donors (Lipinski definition) is 2. The number of carboxylic acids is 1. The summed E-state index contributed by atoms with van der Waals surface area (Å²) in [6.45, 7) is 6.00. The Hall–Kier alpha value is -1.84. The number of rotatable bonds is 1. The number of benzene rings is 1. The van der Waals surface area contributed by atoms with Gasteiger partial charge in [0, 0.05) is 5.39 Å². The maximum absolute atomic E-state index is 11.3. The summed E-state index contributed by atoms with van der Waals surface area (Å²) in [5.41, 5.74) is 1.73. The van der Waals surface area contributed by atoms with E-state index in [4.69, 9.17) is 0 Å². The highest BCUT2D eigenvalue weighted by molar-refractivity contribution is 6.04. The topological polar surface area (TPSA) is 66.0 Å². The summed E-state index contributed by atoms with van der Waals surface area (Å²) >= 11 is 0. The third-order valence-corrected chi connectivity index (χ3v) is 2.65. The zero-order valence-corrected chi connectivity index (χ0v) is 9.53. The molecule has 0 saturated heterocycles. The third kappa shape index (κ3) is 1.56. The van der Waals surface area contributed by atoms with Crippen LogP contribution < -0.4 is 0 Å². The molecular weight excluding hydrogens is 204 g/mol. The van der Waals surface area contributed by atoms with Crippen LogP contribution in [0, 0.1) is 0 Å². The Morgan fingerprint density at radius 2 is 2.06 bits per heavy atom. The van der Waals surface area contributed by atoms with Crippen LogP contribution in [0.2, 0.25) is 0 Å². The zero-order valence-electron chi connectivity index (χ0n) is 9.53. The van der Waals surface area contributed by atoms with Crippen molar-refractivity contribution in [2.75, 3.05) is 0 Å². The first-order chi connectivity index (χ1) is 7.41. The van der Waals surface area contributed by atoms with Crippen LogP contribution in [0.15, 0.2) is 18.3 Å². The van der Waals surface area contributed by atoms with Crippen molar-refractivity contribution >= 4 is 16.9 Å². The molecule has 0 spiro atoms. The van der Waals surface area contributed by atoms with Crippen LogP contribution in [-0.4, -0.2) is 21.3 Å². The standard InChI is InChI=1S/C12H14N2O2/c1-12(2,3)8-4-5-9-7(6-13-14-9)10(8)11(15)16/h4-6H,1-3H3,(H,13,14)(H,15,16). The molecule has 0 amide bonds. The van der Waals surface area contributed by atoms with E-state index in [1.54, 1.807) is 6.20 Å². The quantitative estimate of drug-likeness (QED) is 0.773. The number of carboxylic acid groups (broad SMARTS) is 1. The molecule has 4 heteroatoms. The van der Waals surface area contributed by atoms with Crippen molar-refractivity contribution in [2.24, 2.45) is 0 Å². The molecular formula is C12H14N2O2. The average Bonchev–Trinajstić information content (AvgIpc) is 2.61. The normalized spacial score (nSPS) is 11.9. The molecule has 0 unspecified atom stereocenters. The van der Waals surface area contributed by atoms with E-state index in [9.17, 15) is 9.90 Å². The monoisotopic (exact) mass is 218 g/mol. The number of carbonyl (C=O) groups is 1. The highest BCUT2D eigenvalue weighted by atomic mass is 16.4. The summed E-state index contributed by atoms with van der Waals surface area (Å²) in [7, 11) is 0. The molecule has 0 aliphatic carbocycles. The van der Waals surface area contributed by atoms with Crippen molar-refractivity contribution in [1.29, 1.82) is 0 Å². The van der Waals surface area contributed by atoms with Crippen LogP contribution in [0.4, 0.5) is 0 Å². The molecule has 2 aromatic rings. The lowest BCUT2D eigenvalue weighted by molar-refractivity contribution is 0.0696. The SMILES string of the molecule is CC(C)(C)c1ccc2[nH]ncc2c1C(=O)O. The third-order valence-electron chi connectivity index (χ3n) is 2.65. The van der Waals surface area contributed by atoms with Gasteiger partial charge < -0.3 is 5.11 Å². The maximum atomic E-state index is 11.3. The molecule has 2 rings (SSSR count). The van der Waals surface area contributed by atoms with Gasteiger partial charge in [-0.1, -0.05) is 26.8 Å². The molecule has 4 nitrogen and oxygen atoms in total. The number of aromatic nitrogens is 2. The van der Waals surface area contributed by atoms with Crippen molar-refractivity contribution in [3.8, 4) is 0 Å². The number of nitrogens with zero attached hydrogens (tertiary/aromatic N) is 1. The van der Waals surface area contributed by atoms with Gasteiger partial charge in [-0.25, -0.2) is 4.79 Å². The summed E-state index contributed by atoms with van der Waals surface area (Å²) in [5.74, 6) is -0.906. The van der Waals surface area contributed by atoms with Crippen LogP contribution >= 0.6 is 0 Å². The highest BCUT2D eigenvalue weighted by Crippen LogP contribution is 2.30. The fourth-order valence-corrected chi connectivity index (χ4v) is 1.87. The van der Waals surface area contributed by atoms with E-state index in [2.05, 4.69) is 10.2 Å². The summed E-state index contributed by atoms with van der Waals surface area (Å²) in [6.07, 6.45) is 1.56. The number of fused-ring (bicyclic) bond motifs is 1. The zero-order chi connectivity index (χ0) is 11.9. The Kier molecular flexibility index (Phi) is 2.22. The van der Waals surface area contributed by atoms with E-state index >= 15 is 0 Å². The molecule has 2 N–H and O–H groups in total. The number of aromatic carboxylic acids is 1. The van der Waals surface area contributed by atoms with Crippen LogP contribution in [-0.2, 0) is 5.41 Å². The molecule has 1 aromatic carbocycles. The predicted molar refractivity (Wildman–Crippen MR) is 61.8 cm³/mol. The van der Waals surface area contributed by atoms with Gasteiger partial charge >= 0.3 is 5.97 Å². The van der Waals surface area contributed by atoms with Gasteiger partial charge in [-0.15, -0.1) is 0 Å². The Morgan fingerprint density at radius 1 is 1.38 bits per heavy atom. The lowest BCUT2D eigenvalue weighted by Gasteiger charge is -2.21. The molecule has 1 heterocycles. The minimum Gasteiger partial charge on any atom is -0.478 e. The second-order valence-corrected chi connectivity index (χ2v) is 4.87. The van der Waals surface area contributed by atoms with Crippen molar-refractivity contribution < 1.29 is 9.90 Å². The Balaban J connectivity index is 2.84. The smallest absolute Gasteiger partial charge is 0.336 e. The van der Waals surface area contributed by atoms with Gasteiger partial charge in [0.05, 0.1) is 17.3 Å². The molecule has 16 heavy (non-hydrogen) atoms. The Labute approximate surface area is 93.3 Å². The second-order valence-electron chi connectivity index (χ2n) is 4.87. The molecule has 84 valence electrons. The Morgan fingerprint density at radius 3 is 2.62 bits per heavy atom. The predicted octanol–water partition coefficient (Wildman–Crippen LogP) is 2.56. The van der Waals surface area contributed by atoms with Crippen molar-refractivity contribution in [2.45, 2.75) is 26.2 Å². The van der Waals surface area contributed by atoms with Gasteiger partial charge in [0.25, 0.3) is 0 Å². The van der Waals surface area contributed by atoms with E-state index in [1.165, 1.54) is 0 Å². The molecule has 0 aliphatic rings. The van der Waals surface area contributed by atoms with E-state index < -0.39 is 5.97 Å². The van der Waals surface area contributed by atoms with Crippen LogP contribution in [0.25, 0.3) is 10.9 Å². The first-order valence-corrected chi connectivity index (χ1v) is 5.11. The van der Waals surface area contributed by atoms with Crippen molar-refractivity contribution in [3.05, 3.63) is 29.5 Å². The van der Waals surface area contributed by atoms with Crippen LogP contribution in [0.3, 0.4) is 0 Å². The summed E-state index contributed by atoms with van der Waals surface area (Å²) in [4.78, 5) is 11.3. The summed E-state index contributed by atoms with van der Waals surface area (Å²) in [6, 6.07) is 3.72. The lowest BCUT2D eigenvalue weighted by atomic mass is 9.82. The lowest BCUT2D eigenvalue weighted by Crippen LogP contribution is -2.17. The maximum Gasteiger partial charge on any atom is 0.336 e. The fourth-order valence-electron chi connectivity index (χ4n) is 1.87. The number of hydrogen-bond acceptors (Lipinski definition) is 2. The molecule has 0 aliphatic heterocycles. The van der Waals surface area contributed by atoms with Crippen LogP contribution in [0.1, 0.15) is 36.7 Å². The molecule has 1 aromatic heterocycles.